The van der Waals surface area contributed by atoms with Crippen molar-refractivity contribution in [2.45, 2.75) is 13.5 Å². The largest absolute Gasteiger partial charge is 0.348 e. The summed E-state index contributed by atoms with van der Waals surface area (Å²) in [6, 6.07) is 25.2. The van der Waals surface area contributed by atoms with Gasteiger partial charge in [0.1, 0.15) is 5.82 Å². The van der Waals surface area contributed by atoms with E-state index in [0.717, 1.165) is 28.1 Å². The summed E-state index contributed by atoms with van der Waals surface area (Å²) in [5, 5.41) is 14.5. The van der Waals surface area contributed by atoms with Crippen LogP contribution in [-0.4, -0.2) is 16.1 Å². The number of rotatable bonds is 6. The molecule has 1 heterocycles. The van der Waals surface area contributed by atoms with Gasteiger partial charge in [0.25, 0.3) is 5.91 Å². The topological polar surface area (TPSA) is 66.9 Å². The van der Waals surface area contributed by atoms with Gasteiger partial charge in [-0.05, 0) is 60.5 Å². The number of benzene rings is 3. The standard InChI is InChI=1S/C25H21FN4O/c1-17-14-21(26)11-10-20(17)16-27-25(31)19-8-5-9-22(15-19)28-24-13-12-23(29-30-24)18-6-3-2-4-7-18/h2-15H,16H2,1H3,(H,27,31)(H,28,30). The van der Waals surface area contributed by atoms with Crippen LogP contribution in [0, 0.1) is 12.7 Å². The Morgan fingerprint density at radius 2 is 1.74 bits per heavy atom. The summed E-state index contributed by atoms with van der Waals surface area (Å²) in [5.74, 6) is 0.0864. The summed E-state index contributed by atoms with van der Waals surface area (Å²) in [5.41, 5.74) is 4.70. The summed E-state index contributed by atoms with van der Waals surface area (Å²) >= 11 is 0. The van der Waals surface area contributed by atoms with Crippen LogP contribution in [0.15, 0.2) is 84.9 Å². The first-order chi connectivity index (χ1) is 15.1. The van der Waals surface area contributed by atoms with Crippen LogP contribution < -0.4 is 10.6 Å². The molecule has 0 spiro atoms. The number of halogens is 1. The molecule has 0 aliphatic rings. The third kappa shape index (κ3) is 5.11. The molecule has 0 saturated carbocycles. The minimum absolute atomic E-state index is 0.210. The van der Waals surface area contributed by atoms with E-state index >= 15 is 0 Å². The average molecular weight is 412 g/mol. The maximum atomic E-state index is 13.2. The van der Waals surface area contributed by atoms with Crippen LogP contribution in [0.5, 0.6) is 0 Å². The normalized spacial score (nSPS) is 10.5. The molecular weight excluding hydrogens is 391 g/mol. The van der Waals surface area contributed by atoms with Crippen LogP contribution in [0.1, 0.15) is 21.5 Å². The Morgan fingerprint density at radius 1 is 0.903 bits per heavy atom. The molecule has 154 valence electrons. The number of anilines is 2. The van der Waals surface area contributed by atoms with Gasteiger partial charge in [-0.2, -0.15) is 0 Å². The van der Waals surface area contributed by atoms with E-state index in [9.17, 15) is 9.18 Å². The third-order valence-corrected chi connectivity index (χ3v) is 4.88. The highest BCUT2D eigenvalue weighted by molar-refractivity contribution is 5.95. The number of amides is 1. The molecule has 1 aromatic heterocycles. The lowest BCUT2D eigenvalue weighted by molar-refractivity contribution is 0.0951. The molecule has 4 aromatic rings. The maximum absolute atomic E-state index is 13.2. The summed E-state index contributed by atoms with van der Waals surface area (Å²) in [7, 11) is 0. The van der Waals surface area contributed by atoms with Gasteiger partial charge in [0.05, 0.1) is 5.69 Å². The fourth-order valence-electron chi connectivity index (χ4n) is 3.18. The Kier molecular flexibility index (Phi) is 5.98. The fourth-order valence-corrected chi connectivity index (χ4v) is 3.18. The lowest BCUT2D eigenvalue weighted by atomic mass is 10.1. The molecule has 0 fully saturated rings. The summed E-state index contributed by atoms with van der Waals surface area (Å²) in [6.45, 7) is 2.15. The third-order valence-electron chi connectivity index (χ3n) is 4.88. The van der Waals surface area contributed by atoms with Gasteiger partial charge in [0.2, 0.25) is 0 Å². The van der Waals surface area contributed by atoms with Gasteiger partial charge in [-0.25, -0.2) is 4.39 Å². The molecule has 0 saturated heterocycles. The van der Waals surface area contributed by atoms with Crippen LogP contribution in [0.2, 0.25) is 0 Å². The summed E-state index contributed by atoms with van der Waals surface area (Å²) < 4.78 is 13.2. The number of aryl methyl sites for hydroxylation is 1. The van der Waals surface area contributed by atoms with Gasteiger partial charge in [-0.3, -0.25) is 4.79 Å². The first-order valence-corrected chi connectivity index (χ1v) is 9.88. The Morgan fingerprint density at radius 3 is 2.48 bits per heavy atom. The van der Waals surface area contributed by atoms with Crippen molar-refractivity contribution < 1.29 is 9.18 Å². The zero-order valence-corrected chi connectivity index (χ0v) is 17.0. The Hall–Kier alpha value is -4.06. The molecule has 0 unspecified atom stereocenters. The quantitative estimate of drug-likeness (QED) is 0.453. The van der Waals surface area contributed by atoms with Crippen molar-refractivity contribution in [1.82, 2.24) is 15.5 Å². The molecule has 0 bridgehead atoms. The number of nitrogens with one attached hydrogen (secondary N) is 2. The minimum atomic E-state index is -0.286. The Bertz CT molecular complexity index is 1190. The Labute approximate surface area is 180 Å². The molecule has 4 rings (SSSR count). The van der Waals surface area contributed by atoms with Crippen LogP contribution in [-0.2, 0) is 6.54 Å². The molecular formula is C25H21FN4O. The van der Waals surface area contributed by atoms with Crippen molar-refractivity contribution in [3.63, 3.8) is 0 Å². The highest BCUT2D eigenvalue weighted by atomic mass is 19.1. The zero-order chi connectivity index (χ0) is 21.6. The van der Waals surface area contributed by atoms with Crippen molar-refractivity contribution in [1.29, 1.82) is 0 Å². The summed E-state index contributed by atoms with van der Waals surface area (Å²) in [4.78, 5) is 12.6. The lowest BCUT2D eigenvalue weighted by Gasteiger charge is -2.10. The van der Waals surface area contributed by atoms with Gasteiger partial charge < -0.3 is 10.6 Å². The first kappa shape index (κ1) is 20.2. The highest BCUT2D eigenvalue weighted by Crippen LogP contribution is 2.19. The smallest absolute Gasteiger partial charge is 0.251 e. The van der Waals surface area contributed by atoms with Crippen molar-refractivity contribution >= 4 is 17.4 Å². The first-order valence-electron chi connectivity index (χ1n) is 9.88. The number of hydrogen-bond acceptors (Lipinski definition) is 4. The maximum Gasteiger partial charge on any atom is 0.251 e. The van der Waals surface area contributed by atoms with E-state index in [1.807, 2.05) is 55.5 Å². The van der Waals surface area contributed by atoms with E-state index in [4.69, 9.17) is 0 Å². The minimum Gasteiger partial charge on any atom is -0.348 e. The van der Waals surface area contributed by atoms with E-state index in [-0.39, 0.29) is 11.7 Å². The van der Waals surface area contributed by atoms with Crippen LogP contribution in [0.4, 0.5) is 15.9 Å². The highest BCUT2D eigenvalue weighted by Gasteiger charge is 2.08. The SMILES string of the molecule is Cc1cc(F)ccc1CNC(=O)c1cccc(Nc2ccc(-c3ccccc3)nn2)c1. The molecule has 2 N–H and O–H groups in total. The molecule has 6 heteroatoms. The molecule has 0 atom stereocenters. The number of carbonyl (C=O) groups excluding carboxylic acids is 1. The molecule has 3 aromatic carbocycles. The lowest BCUT2D eigenvalue weighted by Crippen LogP contribution is -2.23. The van der Waals surface area contributed by atoms with E-state index in [1.165, 1.54) is 12.1 Å². The van der Waals surface area contributed by atoms with Crippen molar-refractivity contribution in [3.8, 4) is 11.3 Å². The second kappa shape index (κ2) is 9.17. The number of nitrogens with zero attached hydrogens (tertiary/aromatic N) is 2. The molecule has 0 aliphatic heterocycles. The van der Waals surface area contributed by atoms with Gasteiger partial charge in [0.15, 0.2) is 5.82 Å². The molecule has 0 radical (unpaired) electrons. The molecule has 31 heavy (non-hydrogen) atoms. The molecule has 1 amide bonds. The molecule has 0 aliphatic carbocycles. The van der Waals surface area contributed by atoms with Crippen molar-refractivity contribution in [2.75, 3.05) is 5.32 Å². The van der Waals surface area contributed by atoms with E-state index in [1.54, 1.807) is 24.3 Å². The van der Waals surface area contributed by atoms with Crippen LogP contribution in [0.25, 0.3) is 11.3 Å². The van der Waals surface area contributed by atoms with E-state index in [2.05, 4.69) is 20.8 Å². The Balaban J connectivity index is 1.41. The fraction of sp³-hybridized carbons (Fsp3) is 0.0800. The van der Waals surface area contributed by atoms with Crippen molar-refractivity contribution in [3.05, 3.63) is 107 Å². The van der Waals surface area contributed by atoms with Crippen LogP contribution >= 0.6 is 0 Å². The predicted octanol–water partition coefficient (Wildman–Crippen LogP) is 5.26. The van der Waals surface area contributed by atoms with Gasteiger partial charge in [-0.1, -0.05) is 42.5 Å². The van der Waals surface area contributed by atoms with E-state index in [0.29, 0.717) is 17.9 Å². The van der Waals surface area contributed by atoms with E-state index < -0.39 is 0 Å². The second-order valence-electron chi connectivity index (χ2n) is 7.13. The van der Waals surface area contributed by atoms with Gasteiger partial charge >= 0.3 is 0 Å². The second-order valence-corrected chi connectivity index (χ2v) is 7.13. The van der Waals surface area contributed by atoms with Gasteiger partial charge in [-0.15, -0.1) is 10.2 Å². The van der Waals surface area contributed by atoms with Crippen molar-refractivity contribution in [2.24, 2.45) is 0 Å². The summed E-state index contributed by atoms with van der Waals surface area (Å²) in [6.07, 6.45) is 0. The number of aromatic nitrogens is 2. The average Bonchev–Trinajstić information content (AvgIpc) is 2.79. The predicted molar refractivity (Wildman–Crippen MR) is 119 cm³/mol. The number of carbonyl (C=O) groups is 1. The van der Waals surface area contributed by atoms with Crippen LogP contribution in [0.3, 0.4) is 0 Å². The zero-order valence-electron chi connectivity index (χ0n) is 17.0. The van der Waals surface area contributed by atoms with Gasteiger partial charge in [0, 0.05) is 23.4 Å². The number of hydrogen-bond donors (Lipinski definition) is 2. The molecule has 5 nitrogen and oxygen atoms in total. The monoisotopic (exact) mass is 412 g/mol.